The molecule has 0 amide bonds. The fourth-order valence-electron chi connectivity index (χ4n) is 2.07. The Morgan fingerprint density at radius 3 is 2.15 bits per heavy atom. The van der Waals surface area contributed by atoms with E-state index in [-0.39, 0.29) is 0 Å². The van der Waals surface area contributed by atoms with Crippen LogP contribution in [0.3, 0.4) is 0 Å². The summed E-state index contributed by atoms with van der Waals surface area (Å²) in [6.45, 7) is 6.22. The molecule has 3 aromatic rings. The van der Waals surface area contributed by atoms with Crippen molar-refractivity contribution >= 4 is 43.0 Å². The van der Waals surface area contributed by atoms with Crippen molar-refractivity contribution in [2.24, 2.45) is 0 Å². The van der Waals surface area contributed by atoms with Gasteiger partial charge in [-0.05, 0) is 61.7 Å². The van der Waals surface area contributed by atoms with Gasteiger partial charge in [-0.3, -0.25) is 0 Å². The summed E-state index contributed by atoms with van der Waals surface area (Å²) >= 11 is 7.12. The van der Waals surface area contributed by atoms with Crippen molar-refractivity contribution in [3.05, 3.63) is 49.9 Å². The summed E-state index contributed by atoms with van der Waals surface area (Å²) in [5, 5.41) is 0. The minimum Gasteiger partial charge on any atom is -0.436 e. The highest BCUT2D eigenvalue weighted by atomic mass is 79.9. The first-order valence-electron chi connectivity index (χ1n) is 6.29. The van der Waals surface area contributed by atoms with Gasteiger partial charge in [-0.15, -0.1) is 0 Å². The lowest BCUT2D eigenvalue weighted by Gasteiger charge is -2.03. The summed E-state index contributed by atoms with van der Waals surface area (Å²) < 4.78 is 7.96. The average Bonchev–Trinajstić information content (AvgIpc) is 2.79. The zero-order chi connectivity index (χ0) is 14.4. The highest BCUT2D eigenvalue weighted by molar-refractivity contribution is 9.11. The van der Waals surface area contributed by atoms with Gasteiger partial charge in [0.25, 0.3) is 0 Å². The third kappa shape index (κ3) is 2.31. The maximum atomic E-state index is 5.89. The zero-order valence-corrected chi connectivity index (χ0v) is 14.6. The van der Waals surface area contributed by atoms with Crippen LogP contribution in [0.1, 0.15) is 16.7 Å². The van der Waals surface area contributed by atoms with Crippen molar-refractivity contribution in [2.45, 2.75) is 20.8 Å². The van der Waals surface area contributed by atoms with Gasteiger partial charge in [0, 0.05) is 14.5 Å². The molecule has 4 heteroatoms. The quantitative estimate of drug-likeness (QED) is 0.510. The topological polar surface area (TPSA) is 26.0 Å². The number of rotatable bonds is 1. The van der Waals surface area contributed by atoms with Crippen LogP contribution in [0.2, 0.25) is 0 Å². The molecular weight excluding hydrogens is 382 g/mol. The van der Waals surface area contributed by atoms with E-state index in [1.165, 1.54) is 11.1 Å². The van der Waals surface area contributed by atoms with E-state index in [1.54, 1.807) is 0 Å². The monoisotopic (exact) mass is 393 g/mol. The van der Waals surface area contributed by atoms with Crippen LogP contribution < -0.4 is 0 Å². The van der Waals surface area contributed by atoms with E-state index >= 15 is 0 Å². The fraction of sp³-hybridized carbons (Fsp3) is 0.188. The summed E-state index contributed by atoms with van der Waals surface area (Å²) in [5.74, 6) is 0.645. The molecule has 2 nitrogen and oxygen atoms in total. The molecule has 102 valence electrons. The van der Waals surface area contributed by atoms with Gasteiger partial charge < -0.3 is 4.42 Å². The Morgan fingerprint density at radius 1 is 0.900 bits per heavy atom. The molecule has 0 saturated carbocycles. The maximum absolute atomic E-state index is 5.89. The molecule has 0 radical (unpaired) electrons. The number of hydrogen-bond acceptors (Lipinski definition) is 2. The van der Waals surface area contributed by atoms with Crippen LogP contribution in [0.15, 0.2) is 37.6 Å². The van der Waals surface area contributed by atoms with E-state index in [4.69, 9.17) is 4.42 Å². The van der Waals surface area contributed by atoms with Gasteiger partial charge in [0.15, 0.2) is 5.58 Å². The van der Waals surface area contributed by atoms with Gasteiger partial charge in [-0.25, -0.2) is 4.98 Å². The maximum Gasteiger partial charge on any atom is 0.227 e. The number of fused-ring (bicyclic) bond motifs is 1. The van der Waals surface area contributed by atoms with Crippen LogP contribution in [0.4, 0.5) is 0 Å². The SMILES string of the molecule is Cc1cc2nc(-c3cc(Br)c(C)c(Br)c3)oc2cc1C. The first-order valence-corrected chi connectivity index (χ1v) is 7.88. The molecule has 0 unspecified atom stereocenters. The molecule has 3 rings (SSSR count). The molecule has 0 aliphatic rings. The molecule has 0 bridgehead atoms. The molecule has 20 heavy (non-hydrogen) atoms. The lowest BCUT2D eigenvalue weighted by Crippen LogP contribution is -1.83. The Kier molecular flexibility index (Phi) is 3.46. The Hall–Kier alpha value is -1.13. The highest BCUT2D eigenvalue weighted by Crippen LogP contribution is 2.33. The van der Waals surface area contributed by atoms with Crippen LogP contribution >= 0.6 is 31.9 Å². The predicted octanol–water partition coefficient (Wildman–Crippen LogP) is 5.95. The molecule has 2 aromatic carbocycles. The lowest BCUT2D eigenvalue weighted by atomic mass is 10.1. The molecule has 0 spiro atoms. The van der Waals surface area contributed by atoms with Gasteiger partial charge in [0.1, 0.15) is 5.52 Å². The van der Waals surface area contributed by atoms with E-state index in [1.807, 2.05) is 18.2 Å². The highest BCUT2D eigenvalue weighted by Gasteiger charge is 2.12. The van der Waals surface area contributed by atoms with Crippen molar-refractivity contribution in [1.82, 2.24) is 4.98 Å². The first-order chi connectivity index (χ1) is 9.45. The molecule has 0 N–H and O–H groups in total. The smallest absolute Gasteiger partial charge is 0.227 e. The van der Waals surface area contributed by atoms with Crippen LogP contribution in [-0.4, -0.2) is 4.98 Å². The summed E-state index contributed by atoms with van der Waals surface area (Å²) in [6, 6.07) is 8.17. The van der Waals surface area contributed by atoms with Crippen LogP contribution in [0.5, 0.6) is 0 Å². The van der Waals surface area contributed by atoms with Gasteiger partial charge in [-0.2, -0.15) is 0 Å². The number of aryl methyl sites for hydroxylation is 2. The largest absolute Gasteiger partial charge is 0.436 e. The van der Waals surface area contributed by atoms with E-state index in [0.717, 1.165) is 31.2 Å². The van der Waals surface area contributed by atoms with Crippen LogP contribution in [-0.2, 0) is 0 Å². The number of oxazole rings is 1. The second-order valence-electron chi connectivity index (χ2n) is 4.99. The Morgan fingerprint density at radius 2 is 1.50 bits per heavy atom. The van der Waals surface area contributed by atoms with Crippen molar-refractivity contribution < 1.29 is 4.42 Å². The van der Waals surface area contributed by atoms with Crippen molar-refractivity contribution in [3.63, 3.8) is 0 Å². The number of halogens is 2. The van der Waals surface area contributed by atoms with Crippen molar-refractivity contribution in [2.75, 3.05) is 0 Å². The predicted molar refractivity (Wildman–Crippen MR) is 89.1 cm³/mol. The average molecular weight is 395 g/mol. The minimum absolute atomic E-state index is 0.645. The summed E-state index contributed by atoms with van der Waals surface area (Å²) in [4.78, 5) is 4.59. The second kappa shape index (κ2) is 5.01. The summed E-state index contributed by atoms with van der Waals surface area (Å²) in [7, 11) is 0. The van der Waals surface area contributed by atoms with E-state index in [0.29, 0.717) is 5.89 Å². The minimum atomic E-state index is 0.645. The zero-order valence-electron chi connectivity index (χ0n) is 11.4. The molecule has 0 aliphatic carbocycles. The van der Waals surface area contributed by atoms with Gasteiger partial charge in [-0.1, -0.05) is 31.9 Å². The molecule has 1 aromatic heterocycles. The summed E-state index contributed by atoms with van der Waals surface area (Å²) in [6.07, 6.45) is 0. The number of benzene rings is 2. The van der Waals surface area contributed by atoms with E-state index < -0.39 is 0 Å². The van der Waals surface area contributed by atoms with Crippen LogP contribution in [0.25, 0.3) is 22.6 Å². The van der Waals surface area contributed by atoms with Crippen molar-refractivity contribution in [1.29, 1.82) is 0 Å². The molecule has 0 atom stereocenters. The van der Waals surface area contributed by atoms with E-state index in [9.17, 15) is 0 Å². The standard InChI is InChI=1S/C16H13Br2NO/c1-8-4-14-15(5-9(8)2)20-16(19-14)11-6-12(17)10(3)13(18)7-11/h4-7H,1-3H3. The first kappa shape index (κ1) is 13.8. The molecular formula is C16H13Br2NO. The molecule has 1 heterocycles. The third-order valence-corrected chi connectivity index (χ3v) is 5.18. The lowest BCUT2D eigenvalue weighted by molar-refractivity contribution is 0.619. The number of nitrogens with zero attached hydrogens (tertiary/aromatic N) is 1. The number of aromatic nitrogens is 1. The van der Waals surface area contributed by atoms with Gasteiger partial charge in [0.05, 0.1) is 0 Å². The number of hydrogen-bond donors (Lipinski definition) is 0. The van der Waals surface area contributed by atoms with Gasteiger partial charge >= 0.3 is 0 Å². The third-order valence-electron chi connectivity index (χ3n) is 3.53. The Balaban J connectivity index is 2.20. The fourth-order valence-corrected chi connectivity index (χ4v) is 3.26. The second-order valence-corrected chi connectivity index (χ2v) is 6.70. The Bertz CT molecular complexity index is 759. The molecule has 0 saturated heterocycles. The summed E-state index contributed by atoms with van der Waals surface area (Å²) in [5.41, 5.74) is 6.29. The van der Waals surface area contributed by atoms with Crippen molar-refractivity contribution in [3.8, 4) is 11.5 Å². The van der Waals surface area contributed by atoms with Crippen LogP contribution in [0, 0.1) is 20.8 Å². The molecule has 0 aliphatic heterocycles. The van der Waals surface area contributed by atoms with Gasteiger partial charge in [0.2, 0.25) is 5.89 Å². The van der Waals surface area contributed by atoms with E-state index in [2.05, 4.69) is 63.7 Å². The normalized spacial score (nSPS) is 11.2. The Labute approximate surface area is 134 Å². The molecule has 0 fully saturated rings.